The molecule has 1 atom stereocenters. The van der Waals surface area contributed by atoms with E-state index in [1.807, 2.05) is 36.2 Å². The Balaban J connectivity index is 1.54. The lowest BCUT2D eigenvalue weighted by Gasteiger charge is -2.31. The molecule has 1 aliphatic rings. The smallest absolute Gasteiger partial charge is 0.224 e. The number of carbonyl (C=O) groups excluding carboxylic acids is 2. The summed E-state index contributed by atoms with van der Waals surface area (Å²) >= 11 is 0. The van der Waals surface area contributed by atoms with E-state index in [0.29, 0.717) is 19.5 Å². The third-order valence-electron chi connectivity index (χ3n) is 5.12. The molecule has 6 heteroatoms. The van der Waals surface area contributed by atoms with Crippen LogP contribution < -0.4 is 10.1 Å². The molecular formula is C20H27N3O3. The van der Waals surface area contributed by atoms with Crippen LogP contribution in [0.3, 0.4) is 0 Å². The Morgan fingerprint density at radius 3 is 3.00 bits per heavy atom. The minimum absolute atomic E-state index is 0.0519. The van der Waals surface area contributed by atoms with Crippen molar-refractivity contribution in [2.24, 2.45) is 5.92 Å². The van der Waals surface area contributed by atoms with Crippen LogP contribution in [0.5, 0.6) is 5.75 Å². The highest BCUT2D eigenvalue weighted by Gasteiger charge is 2.27. The Kier molecular flexibility index (Phi) is 5.81. The summed E-state index contributed by atoms with van der Waals surface area (Å²) in [6.45, 7) is 3.76. The Labute approximate surface area is 153 Å². The molecule has 2 amide bonds. The number of rotatable bonds is 6. The van der Waals surface area contributed by atoms with Crippen molar-refractivity contribution < 1.29 is 14.3 Å². The van der Waals surface area contributed by atoms with Gasteiger partial charge in [0.15, 0.2) is 0 Å². The molecule has 140 valence electrons. The Morgan fingerprint density at radius 2 is 2.23 bits per heavy atom. The number of aromatic nitrogens is 1. The van der Waals surface area contributed by atoms with Gasteiger partial charge in [-0.15, -0.1) is 0 Å². The van der Waals surface area contributed by atoms with Crippen LogP contribution in [-0.4, -0.2) is 48.4 Å². The van der Waals surface area contributed by atoms with Gasteiger partial charge in [-0.1, -0.05) is 6.92 Å². The SMILES string of the molecule is CCC(=O)N1CCC[C@@H](C(=O)NCCc2c[nH]c3ccc(OC)cc23)C1. The minimum atomic E-state index is -0.0951. The van der Waals surface area contributed by atoms with Crippen LogP contribution in [0.25, 0.3) is 10.9 Å². The molecule has 0 unspecified atom stereocenters. The van der Waals surface area contributed by atoms with E-state index in [9.17, 15) is 9.59 Å². The fourth-order valence-corrected chi connectivity index (χ4v) is 3.60. The molecule has 0 bridgehead atoms. The van der Waals surface area contributed by atoms with Crippen molar-refractivity contribution in [1.82, 2.24) is 15.2 Å². The summed E-state index contributed by atoms with van der Waals surface area (Å²) in [5, 5.41) is 4.16. The second-order valence-corrected chi connectivity index (χ2v) is 6.80. The number of benzene rings is 1. The third-order valence-corrected chi connectivity index (χ3v) is 5.12. The predicted molar refractivity (Wildman–Crippen MR) is 101 cm³/mol. The van der Waals surface area contributed by atoms with E-state index >= 15 is 0 Å². The van der Waals surface area contributed by atoms with Gasteiger partial charge in [0.05, 0.1) is 13.0 Å². The molecule has 1 aliphatic heterocycles. The van der Waals surface area contributed by atoms with Gasteiger partial charge in [0.1, 0.15) is 5.75 Å². The molecule has 2 N–H and O–H groups in total. The summed E-state index contributed by atoms with van der Waals surface area (Å²) < 4.78 is 5.29. The molecule has 26 heavy (non-hydrogen) atoms. The molecule has 1 aromatic carbocycles. The first-order chi connectivity index (χ1) is 12.6. The molecule has 6 nitrogen and oxygen atoms in total. The minimum Gasteiger partial charge on any atom is -0.497 e. The summed E-state index contributed by atoms with van der Waals surface area (Å²) in [6, 6.07) is 5.94. The van der Waals surface area contributed by atoms with Gasteiger partial charge in [-0.2, -0.15) is 0 Å². The molecule has 2 aromatic rings. The second-order valence-electron chi connectivity index (χ2n) is 6.80. The number of hydrogen-bond acceptors (Lipinski definition) is 3. The number of likely N-dealkylation sites (tertiary alicyclic amines) is 1. The van der Waals surface area contributed by atoms with E-state index in [1.54, 1.807) is 7.11 Å². The van der Waals surface area contributed by atoms with Crippen molar-refractivity contribution in [3.8, 4) is 5.75 Å². The molecule has 2 heterocycles. The summed E-state index contributed by atoms with van der Waals surface area (Å²) in [5.41, 5.74) is 2.22. The van der Waals surface area contributed by atoms with Gasteiger partial charge in [-0.05, 0) is 43.0 Å². The predicted octanol–water partition coefficient (Wildman–Crippen LogP) is 2.48. The van der Waals surface area contributed by atoms with Gasteiger partial charge in [0.2, 0.25) is 11.8 Å². The van der Waals surface area contributed by atoms with Crippen LogP contribution in [0.15, 0.2) is 24.4 Å². The lowest BCUT2D eigenvalue weighted by molar-refractivity contribution is -0.135. The molecular weight excluding hydrogens is 330 g/mol. The maximum Gasteiger partial charge on any atom is 0.224 e. The topological polar surface area (TPSA) is 74.4 Å². The number of piperidine rings is 1. The summed E-state index contributed by atoms with van der Waals surface area (Å²) in [7, 11) is 1.66. The number of nitrogens with zero attached hydrogens (tertiary/aromatic N) is 1. The van der Waals surface area contributed by atoms with Crippen molar-refractivity contribution in [2.45, 2.75) is 32.6 Å². The second kappa shape index (κ2) is 8.25. The number of fused-ring (bicyclic) bond motifs is 1. The van der Waals surface area contributed by atoms with E-state index < -0.39 is 0 Å². The van der Waals surface area contributed by atoms with Crippen molar-refractivity contribution in [2.75, 3.05) is 26.7 Å². The maximum absolute atomic E-state index is 12.5. The quantitative estimate of drug-likeness (QED) is 0.834. The van der Waals surface area contributed by atoms with Crippen LogP contribution in [-0.2, 0) is 16.0 Å². The number of hydrogen-bond donors (Lipinski definition) is 2. The number of aromatic amines is 1. The highest BCUT2D eigenvalue weighted by atomic mass is 16.5. The average Bonchev–Trinajstić information content (AvgIpc) is 3.09. The van der Waals surface area contributed by atoms with E-state index in [0.717, 1.165) is 48.0 Å². The van der Waals surface area contributed by atoms with Gasteiger partial charge in [0, 0.05) is 43.2 Å². The Hall–Kier alpha value is -2.50. The van der Waals surface area contributed by atoms with Gasteiger partial charge in [-0.3, -0.25) is 9.59 Å². The number of methoxy groups -OCH3 is 1. The van der Waals surface area contributed by atoms with Gasteiger partial charge < -0.3 is 19.9 Å². The fourth-order valence-electron chi connectivity index (χ4n) is 3.60. The Morgan fingerprint density at radius 1 is 1.38 bits per heavy atom. The van der Waals surface area contributed by atoms with Crippen molar-refractivity contribution in [1.29, 1.82) is 0 Å². The monoisotopic (exact) mass is 357 g/mol. The van der Waals surface area contributed by atoms with Crippen LogP contribution in [0.4, 0.5) is 0 Å². The molecule has 1 fully saturated rings. The maximum atomic E-state index is 12.5. The zero-order valence-corrected chi connectivity index (χ0v) is 15.5. The molecule has 0 spiro atoms. The van der Waals surface area contributed by atoms with Crippen molar-refractivity contribution in [3.63, 3.8) is 0 Å². The van der Waals surface area contributed by atoms with E-state index in [2.05, 4.69) is 10.3 Å². The lowest BCUT2D eigenvalue weighted by atomic mass is 9.96. The standard InChI is InChI=1S/C20H27N3O3/c1-3-19(24)23-10-4-5-15(13-23)20(25)21-9-8-14-12-22-18-7-6-16(26-2)11-17(14)18/h6-7,11-12,15,22H,3-5,8-10,13H2,1-2H3,(H,21,25)/t15-/m1/s1. The molecule has 1 aromatic heterocycles. The van der Waals surface area contributed by atoms with E-state index in [-0.39, 0.29) is 17.7 Å². The van der Waals surface area contributed by atoms with Crippen LogP contribution in [0.1, 0.15) is 31.7 Å². The van der Waals surface area contributed by atoms with E-state index in [4.69, 9.17) is 4.74 Å². The summed E-state index contributed by atoms with van der Waals surface area (Å²) in [4.78, 5) is 29.4. The molecule has 3 rings (SSSR count). The zero-order valence-electron chi connectivity index (χ0n) is 15.5. The van der Waals surface area contributed by atoms with Gasteiger partial charge in [-0.25, -0.2) is 0 Å². The first-order valence-electron chi connectivity index (χ1n) is 9.32. The molecule has 0 radical (unpaired) electrons. The van der Waals surface area contributed by atoms with Gasteiger partial charge in [0.25, 0.3) is 0 Å². The van der Waals surface area contributed by atoms with Gasteiger partial charge >= 0.3 is 0 Å². The molecule has 0 aliphatic carbocycles. The number of nitrogens with one attached hydrogen (secondary N) is 2. The Bertz CT molecular complexity index is 784. The summed E-state index contributed by atoms with van der Waals surface area (Å²) in [5.74, 6) is 0.916. The highest BCUT2D eigenvalue weighted by Crippen LogP contribution is 2.24. The number of amides is 2. The molecule has 0 saturated carbocycles. The number of ether oxygens (including phenoxy) is 1. The van der Waals surface area contributed by atoms with Crippen molar-refractivity contribution >= 4 is 22.7 Å². The fraction of sp³-hybridized carbons (Fsp3) is 0.500. The van der Waals surface area contributed by atoms with Crippen LogP contribution in [0.2, 0.25) is 0 Å². The first kappa shape index (κ1) is 18.3. The van der Waals surface area contributed by atoms with Crippen molar-refractivity contribution in [3.05, 3.63) is 30.0 Å². The normalized spacial score (nSPS) is 17.3. The van der Waals surface area contributed by atoms with Crippen LogP contribution in [0, 0.1) is 5.92 Å². The first-order valence-corrected chi connectivity index (χ1v) is 9.32. The molecule has 1 saturated heterocycles. The largest absolute Gasteiger partial charge is 0.497 e. The zero-order chi connectivity index (χ0) is 18.5. The third kappa shape index (κ3) is 4.00. The van der Waals surface area contributed by atoms with Crippen LogP contribution >= 0.6 is 0 Å². The lowest BCUT2D eigenvalue weighted by Crippen LogP contribution is -2.45. The number of carbonyl (C=O) groups is 2. The average molecular weight is 357 g/mol. The summed E-state index contributed by atoms with van der Waals surface area (Å²) in [6.07, 6.45) is 4.98. The van der Waals surface area contributed by atoms with E-state index in [1.165, 1.54) is 0 Å². The number of H-pyrrole nitrogens is 1. The highest BCUT2D eigenvalue weighted by molar-refractivity contribution is 5.85.